The van der Waals surface area contributed by atoms with Gasteiger partial charge in [-0.25, -0.2) is 4.98 Å². The molecule has 0 bridgehead atoms. The Bertz CT molecular complexity index is 287. The van der Waals surface area contributed by atoms with Gasteiger partial charge in [-0.1, -0.05) is 0 Å². The highest BCUT2D eigenvalue weighted by Crippen LogP contribution is 2.18. The first-order chi connectivity index (χ1) is 7.50. The largest absolute Gasteiger partial charge is 0.415 e. The molecule has 0 saturated heterocycles. The fourth-order valence-corrected chi connectivity index (χ4v) is 1.16. The predicted molar refractivity (Wildman–Crippen MR) is 51.8 cm³/mol. The van der Waals surface area contributed by atoms with Gasteiger partial charge < -0.3 is 15.0 Å². The molecule has 1 heterocycles. The molecular formula is C9H14F3N3O. The molecule has 0 saturated carbocycles. The highest BCUT2D eigenvalue weighted by Gasteiger charge is 2.37. The van der Waals surface area contributed by atoms with Crippen molar-refractivity contribution in [3.8, 4) is 0 Å². The lowest BCUT2D eigenvalue weighted by molar-refractivity contribution is -0.201. The molecule has 0 spiro atoms. The van der Waals surface area contributed by atoms with Crippen molar-refractivity contribution in [3.63, 3.8) is 0 Å². The van der Waals surface area contributed by atoms with Crippen molar-refractivity contribution in [3.05, 3.63) is 18.7 Å². The summed E-state index contributed by atoms with van der Waals surface area (Å²) in [5.41, 5.74) is 0. The Morgan fingerprint density at radius 3 is 2.75 bits per heavy atom. The fraction of sp³-hybridized carbons (Fsp3) is 0.667. The van der Waals surface area contributed by atoms with Crippen LogP contribution in [0.4, 0.5) is 13.2 Å². The molecule has 0 aliphatic heterocycles. The standard InChI is InChI=1S/C9H14F3N3O/c10-9(11,12)8(16)6-13-2-1-4-15-5-3-14-7-15/h3,5,7-8,13,16H,1-2,4,6H2/t8-/m1/s1. The van der Waals surface area contributed by atoms with Crippen LogP contribution in [-0.4, -0.2) is 40.0 Å². The van der Waals surface area contributed by atoms with Crippen LogP contribution in [0, 0.1) is 0 Å². The molecule has 0 aliphatic rings. The number of aliphatic hydroxyl groups is 1. The Hall–Kier alpha value is -1.08. The molecule has 92 valence electrons. The molecule has 1 aromatic rings. The normalized spacial score (nSPS) is 14.0. The van der Waals surface area contributed by atoms with Gasteiger partial charge in [0.2, 0.25) is 0 Å². The van der Waals surface area contributed by atoms with Crippen LogP contribution in [0.3, 0.4) is 0 Å². The van der Waals surface area contributed by atoms with Gasteiger partial charge in [-0.05, 0) is 13.0 Å². The van der Waals surface area contributed by atoms with Crippen LogP contribution >= 0.6 is 0 Å². The minimum absolute atomic E-state index is 0.422. The monoisotopic (exact) mass is 237 g/mol. The molecule has 1 rings (SSSR count). The number of halogens is 3. The minimum Gasteiger partial charge on any atom is -0.382 e. The zero-order valence-corrected chi connectivity index (χ0v) is 8.61. The second-order valence-corrected chi connectivity index (χ2v) is 3.42. The van der Waals surface area contributed by atoms with Crippen LogP contribution in [0.5, 0.6) is 0 Å². The van der Waals surface area contributed by atoms with Gasteiger partial charge in [0.25, 0.3) is 0 Å². The average molecular weight is 237 g/mol. The Morgan fingerprint density at radius 2 is 2.19 bits per heavy atom. The zero-order valence-electron chi connectivity index (χ0n) is 8.61. The molecule has 0 amide bonds. The maximum absolute atomic E-state index is 11.9. The molecule has 0 aliphatic carbocycles. The van der Waals surface area contributed by atoms with E-state index >= 15 is 0 Å². The van der Waals surface area contributed by atoms with Gasteiger partial charge in [0, 0.05) is 25.5 Å². The molecule has 1 aromatic heterocycles. The van der Waals surface area contributed by atoms with Crippen LogP contribution in [0.1, 0.15) is 6.42 Å². The third-order valence-electron chi connectivity index (χ3n) is 2.04. The van der Waals surface area contributed by atoms with Gasteiger partial charge in [0.05, 0.1) is 6.33 Å². The van der Waals surface area contributed by atoms with Gasteiger partial charge >= 0.3 is 6.18 Å². The summed E-state index contributed by atoms with van der Waals surface area (Å²) in [6, 6.07) is 0. The SMILES string of the molecule is O[C@H](CNCCCn1ccnc1)C(F)(F)F. The van der Waals surface area contributed by atoms with E-state index in [0.29, 0.717) is 19.5 Å². The molecular weight excluding hydrogens is 223 g/mol. The second kappa shape index (κ2) is 5.86. The highest BCUT2D eigenvalue weighted by molar-refractivity contribution is 4.74. The molecule has 0 fully saturated rings. The number of aryl methyl sites for hydroxylation is 1. The summed E-state index contributed by atoms with van der Waals surface area (Å²) in [4.78, 5) is 3.84. The molecule has 0 radical (unpaired) electrons. The van der Waals surface area contributed by atoms with Gasteiger partial charge in [0.15, 0.2) is 6.10 Å². The number of alkyl halides is 3. The van der Waals surface area contributed by atoms with E-state index in [2.05, 4.69) is 10.3 Å². The number of nitrogens with one attached hydrogen (secondary N) is 1. The van der Waals surface area contributed by atoms with Crippen molar-refractivity contribution in [2.45, 2.75) is 25.2 Å². The Kier molecular flexibility index (Phi) is 4.75. The maximum Gasteiger partial charge on any atom is 0.415 e. The van der Waals surface area contributed by atoms with E-state index in [1.54, 1.807) is 18.7 Å². The molecule has 0 aromatic carbocycles. The average Bonchev–Trinajstić information content (AvgIpc) is 2.68. The molecule has 2 N–H and O–H groups in total. The van der Waals surface area contributed by atoms with Crippen molar-refractivity contribution in [1.82, 2.24) is 14.9 Å². The lowest BCUT2D eigenvalue weighted by Crippen LogP contribution is -2.38. The van der Waals surface area contributed by atoms with Crippen LogP contribution < -0.4 is 5.32 Å². The number of nitrogens with zero attached hydrogens (tertiary/aromatic N) is 2. The topological polar surface area (TPSA) is 50.1 Å². The van der Waals surface area contributed by atoms with Crippen LogP contribution in [0.15, 0.2) is 18.7 Å². The molecule has 16 heavy (non-hydrogen) atoms. The molecule has 1 atom stereocenters. The Morgan fingerprint density at radius 1 is 1.44 bits per heavy atom. The first-order valence-electron chi connectivity index (χ1n) is 4.91. The van der Waals surface area contributed by atoms with E-state index in [-0.39, 0.29) is 0 Å². The smallest absolute Gasteiger partial charge is 0.382 e. The molecule has 7 heteroatoms. The predicted octanol–water partition coefficient (Wildman–Crippen LogP) is 0.786. The summed E-state index contributed by atoms with van der Waals surface area (Å²) < 4.78 is 37.5. The van der Waals surface area contributed by atoms with Crippen LogP contribution in [0.25, 0.3) is 0 Å². The summed E-state index contributed by atoms with van der Waals surface area (Å²) in [5.74, 6) is 0. The van der Waals surface area contributed by atoms with Crippen LogP contribution in [0.2, 0.25) is 0 Å². The zero-order chi connectivity index (χ0) is 12.0. The summed E-state index contributed by atoms with van der Waals surface area (Å²) in [6.07, 6.45) is -1.09. The van der Waals surface area contributed by atoms with Crippen molar-refractivity contribution in [1.29, 1.82) is 0 Å². The second-order valence-electron chi connectivity index (χ2n) is 3.42. The maximum atomic E-state index is 11.9. The summed E-state index contributed by atoms with van der Waals surface area (Å²) in [6.45, 7) is 0.647. The van der Waals surface area contributed by atoms with E-state index in [1.807, 2.05) is 4.57 Å². The summed E-state index contributed by atoms with van der Waals surface area (Å²) >= 11 is 0. The van der Waals surface area contributed by atoms with E-state index in [9.17, 15) is 13.2 Å². The molecule has 0 unspecified atom stereocenters. The highest BCUT2D eigenvalue weighted by atomic mass is 19.4. The molecule has 4 nitrogen and oxygen atoms in total. The summed E-state index contributed by atoms with van der Waals surface area (Å²) in [5, 5.41) is 11.2. The summed E-state index contributed by atoms with van der Waals surface area (Å²) in [7, 11) is 0. The number of rotatable bonds is 6. The van der Waals surface area contributed by atoms with Crippen LogP contribution in [-0.2, 0) is 6.54 Å². The van der Waals surface area contributed by atoms with Gasteiger partial charge in [0.1, 0.15) is 0 Å². The van der Waals surface area contributed by atoms with E-state index in [1.165, 1.54) is 0 Å². The Labute approximate surface area is 91.1 Å². The third-order valence-corrected chi connectivity index (χ3v) is 2.04. The number of aliphatic hydroxyl groups excluding tert-OH is 1. The van der Waals surface area contributed by atoms with Crippen molar-refractivity contribution in [2.75, 3.05) is 13.1 Å². The van der Waals surface area contributed by atoms with Gasteiger partial charge in [-0.15, -0.1) is 0 Å². The first kappa shape index (κ1) is 13.0. The van der Waals surface area contributed by atoms with Crippen molar-refractivity contribution in [2.24, 2.45) is 0 Å². The van der Waals surface area contributed by atoms with E-state index < -0.39 is 18.8 Å². The number of hydrogen-bond donors (Lipinski definition) is 2. The lowest BCUT2D eigenvalue weighted by atomic mass is 10.3. The van der Waals surface area contributed by atoms with Gasteiger partial charge in [-0.2, -0.15) is 13.2 Å². The quantitative estimate of drug-likeness (QED) is 0.719. The minimum atomic E-state index is -4.54. The van der Waals surface area contributed by atoms with E-state index in [0.717, 1.165) is 0 Å². The number of aromatic nitrogens is 2. The Balaban J connectivity index is 2.04. The van der Waals surface area contributed by atoms with Crippen molar-refractivity contribution < 1.29 is 18.3 Å². The fourth-order valence-electron chi connectivity index (χ4n) is 1.16. The lowest BCUT2D eigenvalue weighted by Gasteiger charge is -2.14. The van der Waals surface area contributed by atoms with Gasteiger partial charge in [-0.3, -0.25) is 0 Å². The first-order valence-corrected chi connectivity index (χ1v) is 4.91. The van der Waals surface area contributed by atoms with E-state index in [4.69, 9.17) is 5.11 Å². The third kappa shape index (κ3) is 4.63. The number of imidazole rings is 1. The van der Waals surface area contributed by atoms with Crippen molar-refractivity contribution >= 4 is 0 Å². The number of hydrogen-bond acceptors (Lipinski definition) is 3.